The number of hydrogen-bond acceptors (Lipinski definition) is 4. The van der Waals surface area contributed by atoms with Gasteiger partial charge in [0.1, 0.15) is 5.82 Å². The molecule has 0 radical (unpaired) electrons. The maximum atomic E-state index is 13.1. The van der Waals surface area contributed by atoms with Crippen molar-refractivity contribution in [3.05, 3.63) is 82.4 Å². The lowest BCUT2D eigenvalue weighted by Crippen LogP contribution is -2.13. The molecule has 0 saturated heterocycles. The number of rotatable bonds is 5. The molecule has 1 amide bonds. The summed E-state index contributed by atoms with van der Waals surface area (Å²) in [6.07, 6.45) is 2.84. The van der Waals surface area contributed by atoms with E-state index in [2.05, 4.69) is 20.6 Å². The Bertz CT molecular complexity index is 914. The van der Waals surface area contributed by atoms with Crippen molar-refractivity contribution in [3.63, 3.8) is 0 Å². The molecule has 0 aliphatic heterocycles. The smallest absolute Gasteiger partial charge is 0.258 e. The van der Waals surface area contributed by atoms with Gasteiger partial charge in [-0.2, -0.15) is 0 Å². The van der Waals surface area contributed by atoms with Crippen molar-refractivity contribution in [2.45, 2.75) is 13.5 Å². The first-order chi connectivity index (χ1) is 12.5. The molecule has 2 N–H and O–H groups in total. The molecule has 0 atom stereocenters. The highest BCUT2D eigenvalue weighted by Crippen LogP contribution is 2.19. The summed E-state index contributed by atoms with van der Waals surface area (Å²) in [5, 5.41) is 5.65. The van der Waals surface area contributed by atoms with Crippen LogP contribution in [-0.4, -0.2) is 15.9 Å². The second-order valence-electron chi connectivity index (χ2n) is 5.72. The number of nitrogens with one attached hydrogen (secondary N) is 2. The van der Waals surface area contributed by atoms with Gasteiger partial charge in [0.2, 0.25) is 5.95 Å². The molecule has 5 nitrogen and oxygen atoms in total. The highest BCUT2D eigenvalue weighted by Gasteiger charge is 2.09. The number of aryl methyl sites for hydroxylation is 1. The highest BCUT2D eigenvalue weighted by molar-refractivity contribution is 6.31. The Morgan fingerprint density at radius 2 is 1.81 bits per heavy atom. The van der Waals surface area contributed by atoms with Crippen LogP contribution in [0.2, 0.25) is 5.02 Å². The second-order valence-corrected chi connectivity index (χ2v) is 6.12. The highest BCUT2D eigenvalue weighted by atomic mass is 35.5. The van der Waals surface area contributed by atoms with Gasteiger partial charge in [-0.3, -0.25) is 4.79 Å². The minimum absolute atomic E-state index is 0.0605. The van der Waals surface area contributed by atoms with E-state index in [4.69, 9.17) is 11.6 Å². The van der Waals surface area contributed by atoms with Crippen LogP contribution in [0, 0.1) is 12.7 Å². The molecule has 0 bridgehead atoms. The van der Waals surface area contributed by atoms with Crippen LogP contribution in [0.25, 0.3) is 0 Å². The van der Waals surface area contributed by atoms with Crippen LogP contribution in [0.5, 0.6) is 0 Å². The van der Waals surface area contributed by atoms with Crippen molar-refractivity contribution in [2.24, 2.45) is 0 Å². The number of amides is 1. The number of aromatic nitrogens is 2. The Morgan fingerprint density at radius 3 is 2.46 bits per heavy atom. The van der Waals surface area contributed by atoms with E-state index in [1.165, 1.54) is 36.2 Å². The molecule has 26 heavy (non-hydrogen) atoms. The number of hydrogen-bond donors (Lipinski definition) is 2. The van der Waals surface area contributed by atoms with Gasteiger partial charge < -0.3 is 10.6 Å². The third kappa shape index (κ3) is 4.55. The van der Waals surface area contributed by atoms with Gasteiger partial charge in [-0.05, 0) is 30.7 Å². The standard InChI is InChI=1S/C19H16ClFN4O/c1-12-2-4-13(5-3-12)9-22-19-23-10-14(11-24-19)18(26)25-15-6-7-17(21)16(20)8-15/h2-8,10-11H,9H2,1H3,(H,25,26)(H,22,23,24). The summed E-state index contributed by atoms with van der Waals surface area (Å²) >= 11 is 5.70. The Morgan fingerprint density at radius 1 is 1.12 bits per heavy atom. The quantitative estimate of drug-likeness (QED) is 0.696. The molecule has 0 fully saturated rings. The summed E-state index contributed by atoms with van der Waals surface area (Å²) in [4.78, 5) is 20.5. The molecule has 1 heterocycles. The largest absolute Gasteiger partial charge is 0.350 e. The van der Waals surface area contributed by atoms with E-state index in [9.17, 15) is 9.18 Å². The molecule has 0 aliphatic rings. The van der Waals surface area contributed by atoms with Gasteiger partial charge in [0.15, 0.2) is 0 Å². The van der Waals surface area contributed by atoms with Crippen molar-refractivity contribution < 1.29 is 9.18 Å². The van der Waals surface area contributed by atoms with Crippen LogP contribution in [0.15, 0.2) is 54.9 Å². The molecule has 7 heteroatoms. The van der Waals surface area contributed by atoms with E-state index in [1.54, 1.807) is 0 Å². The molecule has 2 aromatic carbocycles. The van der Waals surface area contributed by atoms with Gasteiger partial charge in [-0.1, -0.05) is 41.4 Å². The number of halogens is 2. The van der Waals surface area contributed by atoms with Crippen molar-refractivity contribution in [1.82, 2.24) is 9.97 Å². The van der Waals surface area contributed by atoms with Crippen molar-refractivity contribution in [3.8, 4) is 0 Å². The predicted molar refractivity (Wildman–Crippen MR) is 99.9 cm³/mol. The molecule has 3 rings (SSSR count). The van der Waals surface area contributed by atoms with E-state index in [1.807, 2.05) is 31.2 Å². The average Bonchev–Trinajstić information content (AvgIpc) is 2.65. The molecule has 0 aliphatic carbocycles. The summed E-state index contributed by atoms with van der Waals surface area (Å²) < 4.78 is 13.1. The zero-order valence-electron chi connectivity index (χ0n) is 14.0. The van der Waals surface area contributed by atoms with Gasteiger partial charge >= 0.3 is 0 Å². The molecule has 1 aromatic heterocycles. The Labute approximate surface area is 155 Å². The summed E-state index contributed by atoms with van der Waals surface area (Å²) in [5.74, 6) is -0.526. The first kappa shape index (κ1) is 17.8. The maximum absolute atomic E-state index is 13.1. The van der Waals surface area contributed by atoms with Crippen molar-refractivity contribution in [1.29, 1.82) is 0 Å². The van der Waals surface area contributed by atoms with Crippen LogP contribution in [0.3, 0.4) is 0 Å². The van der Waals surface area contributed by atoms with E-state index >= 15 is 0 Å². The first-order valence-electron chi connectivity index (χ1n) is 7.89. The lowest BCUT2D eigenvalue weighted by atomic mass is 10.1. The molecular formula is C19H16ClFN4O. The lowest BCUT2D eigenvalue weighted by Gasteiger charge is -2.07. The summed E-state index contributed by atoms with van der Waals surface area (Å²) in [6, 6.07) is 12.1. The number of carbonyl (C=O) groups is 1. The fourth-order valence-corrected chi connectivity index (χ4v) is 2.38. The summed E-state index contributed by atoms with van der Waals surface area (Å²) in [6.45, 7) is 2.61. The van der Waals surface area contributed by atoms with Gasteiger partial charge in [0.05, 0.1) is 10.6 Å². The third-order valence-electron chi connectivity index (χ3n) is 3.66. The van der Waals surface area contributed by atoms with Gasteiger partial charge in [0.25, 0.3) is 5.91 Å². The molecule has 0 unspecified atom stereocenters. The minimum Gasteiger partial charge on any atom is -0.350 e. The number of anilines is 2. The fourth-order valence-electron chi connectivity index (χ4n) is 2.20. The second kappa shape index (κ2) is 7.93. The molecule has 0 saturated carbocycles. The zero-order valence-corrected chi connectivity index (χ0v) is 14.7. The SMILES string of the molecule is Cc1ccc(CNc2ncc(C(=O)Nc3ccc(F)c(Cl)c3)cn2)cc1. The predicted octanol–water partition coefficient (Wildman–Crippen LogP) is 4.44. The molecular weight excluding hydrogens is 355 g/mol. The molecule has 3 aromatic rings. The van der Waals surface area contributed by atoms with Crippen LogP contribution in [-0.2, 0) is 6.54 Å². The summed E-state index contributed by atoms with van der Waals surface area (Å²) in [5.41, 5.74) is 2.98. The number of nitrogens with zero attached hydrogens (tertiary/aromatic N) is 2. The fraction of sp³-hybridized carbons (Fsp3) is 0.105. The first-order valence-corrected chi connectivity index (χ1v) is 8.27. The van der Waals surface area contributed by atoms with Crippen LogP contribution >= 0.6 is 11.6 Å². The van der Waals surface area contributed by atoms with Crippen LogP contribution < -0.4 is 10.6 Å². The Balaban J connectivity index is 1.60. The van der Waals surface area contributed by atoms with E-state index in [0.29, 0.717) is 18.2 Å². The third-order valence-corrected chi connectivity index (χ3v) is 3.95. The van der Waals surface area contributed by atoms with Crippen LogP contribution in [0.4, 0.5) is 16.0 Å². The number of carbonyl (C=O) groups excluding carboxylic acids is 1. The van der Waals surface area contributed by atoms with E-state index < -0.39 is 11.7 Å². The van der Waals surface area contributed by atoms with Gasteiger partial charge in [-0.25, -0.2) is 14.4 Å². The van der Waals surface area contributed by atoms with Gasteiger partial charge in [-0.15, -0.1) is 0 Å². The maximum Gasteiger partial charge on any atom is 0.258 e. The topological polar surface area (TPSA) is 66.9 Å². The van der Waals surface area contributed by atoms with E-state index in [-0.39, 0.29) is 10.6 Å². The van der Waals surface area contributed by atoms with Crippen LogP contribution in [0.1, 0.15) is 21.5 Å². The summed E-state index contributed by atoms with van der Waals surface area (Å²) in [7, 11) is 0. The Kier molecular flexibility index (Phi) is 5.43. The lowest BCUT2D eigenvalue weighted by molar-refractivity contribution is 0.102. The van der Waals surface area contributed by atoms with Crippen molar-refractivity contribution >= 4 is 29.1 Å². The molecule has 132 valence electrons. The normalized spacial score (nSPS) is 10.4. The minimum atomic E-state index is -0.544. The monoisotopic (exact) mass is 370 g/mol. The van der Waals surface area contributed by atoms with Crippen molar-refractivity contribution in [2.75, 3.05) is 10.6 Å². The van der Waals surface area contributed by atoms with Gasteiger partial charge in [0, 0.05) is 24.6 Å². The number of benzene rings is 2. The van der Waals surface area contributed by atoms with E-state index in [0.717, 1.165) is 5.56 Å². The Hall–Kier alpha value is -2.99. The zero-order chi connectivity index (χ0) is 18.5. The molecule has 0 spiro atoms. The average molecular weight is 371 g/mol.